The number of benzene rings is 2. The Morgan fingerprint density at radius 1 is 0.630 bits per heavy atom. The molecule has 2 atom stereocenters. The first-order chi connectivity index (χ1) is 25.9. The minimum absolute atomic E-state index is 0.110. The molecular weight excluding hydrogens is 696 g/mol. The van der Waals surface area contributed by atoms with Crippen LogP contribution >= 0.6 is 0 Å². The summed E-state index contributed by atoms with van der Waals surface area (Å²) in [5.74, 6) is -1.73. The number of unbranched alkanes of at least 4 members (excludes halogenated alkanes) is 5. The first-order valence-electron chi connectivity index (χ1n) is 18.2. The van der Waals surface area contributed by atoms with Crippen LogP contribution in [0, 0.1) is 13.8 Å². The van der Waals surface area contributed by atoms with Crippen LogP contribution in [-0.2, 0) is 28.8 Å². The Morgan fingerprint density at radius 3 is 1.41 bits per heavy atom. The highest BCUT2D eigenvalue weighted by atomic mass is 16.2. The largest absolute Gasteiger partial charge is 0.325 e. The van der Waals surface area contributed by atoms with Crippen molar-refractivity contribution in [1.82, 2.24) is 29.7 Å². The number of carbonyl (C=O) groups excluding carboxylic acids is 6. The maximum Gasteiger partial charge on any atom is 0.264 e. The molecule has 0 radical (unpaired) electrons. The fraction of sp³-hybridized carbons (Fsp3) is 0.421. The van der Waals surface area contributed by atoms with Crippen molar-refractivity contribution >= 4 is 68.6 Å². The second-order valence-electron chi connectivity index (χ2n) is 13.7. The van der Waals surface area contributed by atoms with Gasteiger partial charge in [-0.25, -0.2) is 9.97 Å². The van der Waals surface area contributed by atoms with E-state index < -0.39 is 35.0 Å². The molecule has 0 aliphatic carbocycles. The predicted molar refractivity (Wildman–Crippen MR) is 199 cm³/mol. The molecule has 54 heavy (non-hydrogen) atoms. The quantitative estimate of drug-likeness (QED) is 0.116. The highest BCUT2D eigenvalue weighted by Crippen LogP contribution is 2.25. The number of anilines is 2. The van der Waals surface area contributed by atoms with Crippen LogP contribution in [0.5, 0.6) is 0 Å². The van der Waals surface area contributed by atoms with E-state index >= 15 is 0 Å². The molecule has 6 rings (SSSR count). The third-order valence-corrected chi connectivity index (χ3v) is 9.86. The average Bonchev–Trinajstić information content (AvgIpc) is 3.11. The number of nitrogens with one attached hydrogen (secondary N) is 4. The van der Waals surface area contributed by atoms with Gasteiger partial charge in [0.25, 0.3) is 11.1 Å². The molecule has 2 aromatic carbocycles. The topological polar surface area (TPSA) is 220 Å². The van der Waals surface area contributed by atoms with Crippen LogP contribution in [-0.4, -0.2) is 54.5 Å². The number of rotatable bonds is 13. The van der Waals surface area contributed by atoms with Gasteiger partial charge in [-0.15, -0.1) is 0 Å². The van der Waals surface area contributed by atoms with Crippen LogP contribution in [0.25, 0.3) is 21.8 Å². The Kier molecular flexibility index (Phi) is 11.4. The molecule has 282 valence electrons. The van der Waals surface area contributed by atoms with Crippen molar-refractivity contribution in [1.29, 1.82) is 0 Å². The summed E-state index contributed by atoms with van der Waals surface area (Å²) in [6.07, 6.45) is 5.62. The van der Waals surface area contributed by atoms with E-state index in [1.807, 2.05) is 0 Å². The van der Waals surface area contributed by atoms with E-state index in [4.69, 9.17) is 0 Å². The van der Waals surface area contributed by atoms with Gasteiger partial charge in [0.1, 0.15) is 23.7 Å². The van der Waals surface area contributed by atoms with E-state index in [2.05, 4.69) is 31.2 Å². The summed E-state index contributed by atoms with van der Waals surface area (Å²) in [5.41, 5.74) is 0.478. The number of carbonyl (C=O) groups is 6. The molecule has 4 N–H and O–H groups in total. The van der Waals surface area contributed by atoms with Crippen LogP contribution in [0.4, 0.5) is 11.4 Å². The van der Waals surface area contributed by atoms with Crippen molar-refractivity contribution in [2.45, 2.75) is 103 Å². The van der Waals surface area contributed by atoms with Crippen LogP contribution in [0.2, 0.25) is 0 Å². The molecular formula is C38H42N8O8. The lowest BCUT2D eigenvalue weighted by atomic mass is 10.0. The van der Waals surface area contributed by atoms with Crippen LogP contribution in [0.15, 0.2) is 46.0 Å². The Labute approximate surface area is 309 Å². The summed E-state index contributed by atoms with van der Waals surface area (Å²) in [6.45, 7) is 3.25. The van der Waals surface area contributed by atoms with Crippen LogP contribution < -0.4 is 32.4 Å². The number of piperidine rings is 2. The van der Waals surface area contributed by atoms with Gasteiger partial charge in [-0.1, -0.05) is 37.8 Å². The fourth-order valence-electron chi connectivity index (χ4n) is 7.21. The van der Waals surface area contributed by atoms with Gasteiger partial charge in [0, 0.05) is 25.7 Å². The number of aromatic nitrogens is 4. The Balaban J connectivity index is 0.961. The van der Waals surface area contributed by atoms with Gasteiger partial charge in [0.2, 0.25) is 35.4 Å². The lowest BCUT2D eigenvalue weighted by Gasteiger charge is -2.24. The molecule has 4 heterocycles. The van der Waals surface area contributed by atoms with Crippen molar-refractivity contribution in [2.75, 3.05) is 10.6 Å². The molecule has 0 bridgehead atoms. The van der Waals surface area contributed by atoms with Crippen molar-refractivity contribution in [2.24, 2.45) is 0 Å². The van der Waals surface area contributed by atoms with Gasteiger partial charge in [-0.2, -0.15) is 0 Å². The second-order valence-corrected chi connectivity index (χ2v) is 13.7. The summed E-state index contributed by atoms with van der Waals surface area (Å²) in [4.78, 5) is 110. The maximum absolute atomic E-state index is 13.6. The zero-order chi connectivity index (χ0) is 38.5. The summed E-state index contributed by atoms with van der Waals surface area (Å²) in [5, 5.41) is 10.6. The van der Waals surface area contributed by atoms with E-state index in [1.165, 1.54) is 9.13 Å². The highest BCUT2D eigenvalue weighted by molar-refractivity contribution is 6.03. The Morgan fingerprint density at radius 2 is 1.02 bits per heavy atom. The normalized spacial score (nSPS) is 17.4. The van der Waals surface area contributed by atoms with Gasteiger partial charge in [-0.05, 0) is 63.8 Å². The Bertz CT molecular complexity index is 2150. The molecule has 2 aromatic heterocycles. The van der Waals surface area contributed by atoms with Gasteiger partial charge in [-0.3, -0.25) is 58.1 Å². The SMILES string of the molecule is Cc1nc2cccc(NC(=O)CCCCCCCCC(=O)Nc3cccc4nc(C)n(C5CCC(=O)NC5=O)c(=O)c34)c2c(=O)n1C1CCC(=O)NC1=O. The average molecular weight is 739 g/mol. The van der Waals surface area contributed by atoms with Crippen molar-refractivity contribution in [3.8, 4) is 0 Å². The molecule has 2 saturated heterocycles. The predicted octanol–water partition coefficient (Wildman–Crippen LogP) is 3.38. The molecule has 16 nitrogen and oxygen atoms in total. The van der Waals surface area contributed by atoms with Gasteiger partial charge >= 0.3 is 0 Å². The first-order valence-corrected chi connectivity index (χ1v) is 18.2. The molecule has 6 amide bonds. The van der Waals surface area contributed by atoms with E-state index in [9.17, 15) is 38.4 Å². The standard InChI is InChI=1S/C38H42N8O8/c1-21-39-23-11-9-13-25(33(23)37(53)45(21)27-17-19-31(49)43-35(27)51)41-29(47)15-7-5-3-4-6-8-16-30(48)42-26-14-10-12-24-34(26)38(54)46(22(2)40-24)28-18-20-32(50)44-36(28)52/h9-14,27-28H,3-8,15-20H2,1-2H3,(H,41,47)(H,42,48)(H,43,49,51)(H,44,50,52). The van der Waals surface area contributed by atoms with E-state index in [-0.39, 0.29) is 72.9 Å². The zero-order valence-electron chi connectivity index (χ0n) is 30.2. The van der Waals surface area contributed by atoms with Crippen molar-refractivity contribution in [3.05, 3.63) is 68.8 Å². The molecule has 2 unspecified atom stereocenters. The molecule has 4 aromatic rings. The third-order valence-electron chi connectivity index (χ3n) is 9.86. The maximum atomic E-state index is 13.6. The molecule has 0 saturated carbocycles. The van der Waals surface area contributed by atoms with Crippen molar-refractivity contribution < 1.29 is 28.8 Å². The first kappa shape index (κ1) is 37.7. The number of imide groups is 2. The lowest BCUT2D eigenvalue weighted by Crippen LogP contribution is -2.45. The molecule has 2 aliphatic heterocycles. The monoisotopic (exact) mass is 738 g/mol. The molecule has 16 heteroatoms. The lowest BCUT2D eigenvalue weighted by molar-refractivity contribution is -0.137. The zero-order valence-corrected chi connectivity index (χ0v) is 30.2. The van der Waals surface area contributed by atoms with E-state index in [1.54, 1.807) is 50.2 Å². The van der Waals surface area contributed by atoms with Gasteiger partial charge in [0.15, 0.2) is 0 Å². The summed E-state index contributed by atoms with van der Waals surface area (Å²) in [6, 6.07) is 8.23. The van der Waals surface area contributed by atoms with Gasteiger partial charge < -0.3 is 10.6 Å². The summed E-state index contributed by atoms with van der Waals surface area (Å²) >= 11 is 0. The minimum atomic E-state index is -0.871. The number of hydrogen-bond donors (Lipinski definition) is 4. The number of amides is 6. The Hall–Kier alpha value is -6.06. The van der Waals surface area contributed by atoms with E-state index in [0.29, 0.717) is 46.9 Å². The number of hydrogen-bond acceptors (Lipinski definition) is 10. The van der Waals surface area contributed by atoms with Crippen molar-refractivity contribution in [3.63, 3.8) is 0 Å². The van der Waals surface area contributed by atoms with Crippen LogP contribution in [0.3, 0.4) is 0 Å². The fourth-order valence-corrected chi connectivity index (χ4v) is 7.21. The third kappa shape index (κ3) is 8.11. The molecule has 0 spiro atoms. The van der Waals surface area contributed by atoms with E-state index in [0.717, 1.165) is 25.7 Å². The minimum Gasteiger partial charge on any atom is -0.325 e. The van der Waals surface area contributed by atoms with Gasteiger partial charge in [0.05, 0.1) is 33.2 Å². The highest BCUT2D eigenvalue weighted by Gasteiger charge is 2.32. The summed E-state index contributed by atoms with van der Waals surface area (Å²) < 4.78 is 2.57. The summed E-state index contributed by atoms with van der Waals surface area (Å²) in [7, 11) is 0. The number of aryl methyl sites for hydroxylation is 2. The number of nitrogens with zero attached hydrogens (tertiary/aromatic N) is 4. The number of fused-ring (bicyclic) bond motifs is 2. The second kappa shape index (κ2) is 16.3. The smallest absolute Gasteiger partial charge is 0.264 e. The van der Waals surface area contributed by atoms with Crippen LogP contribution in [0.1, 0.15) is 101 Å². The molecule has 2 fully saturated rings. The molecule has 2 aliphatic rings.